The minimum absolute atomic E-state index is 0.0157. The fraction of sp³-hybridized carbons (Fsp3) is 0.864. The molecule has 5 nitrogen and oxygen atoms in total. The van der Waals surface area contributed by atoms with Crippen LogP contribution in [-0.2, 0) is 14.4 Å². The molecule has 1 aliphatic rings. The largest absolute Gasteiger partial charge is 0.481 e. The van der Waals surface area contributed by atoms with Crippen LogP contribution in [0.1, 0.15) is 91.4 Å². The zero-order valence-electron chi connectivity index (χ0n) is 17.9. The lowest BCUT2D eigenvalue weighted by molar-refractivity contribution is -0.148. The van der Waals surface area contributed by atoms with Gasteiger partial charge in [0, 0.05) is 31.6 Å². The second-order valence-corrected chi connectivity index (χ2v) is 9.22. The molecule has 2 N–H and O–H groups in total. The molecule has 7 heteroatoms. The normalized spacial score (nSPS) is 22.8. The van der Waals surface area contributed by atoms with E-state index in [2.05, 4.69) is 0 Å². The molecule has 29 heavy (non-hydrogen) atoms. The summed E-state index contributed by atoms with van der Waals surface area (Å²) in [6, 6.07) is 0. The molecule has 0 aromatic heterocycles. The standard InChI is InChI=1S/C22H36F2O5/c1-4-21(2,3)14-22(23,24)19(27)12-11-16-15(17(25)13-18(16)26)9-7-5-6-8-10-20(28)29/h15-16,18,26H,4-14H2,1-3H3,(H,28,29)/t15?,16-,18-/m1/s1. The number of aliphatic hydroxyl groups is 1. The Morgan fingerprint density at radius 2 is 1.69 bits per heavy atom. The fourth-order valence-corrected chi connectivity index (χ4v) is 4.08. The first-order chi connectivity index (χ1) is 13.4. The topological polar surface area (TPSA) is 91.7 Å². The Morgan fingerprint density at radius 3 is 2.28 bits per heavy atom. The van der Waals surface area contributed by atoms with Crippen LogP contribution < -0.4 is 0 Å². The van der Waals surface area contributed by atoms with Crippen molar-refractivity contribution in [3.05, 3.63) is 0 Å². The van der Waals surface area contributed by atoms with Crippen LogP contribution in [0.3, 0.4) is 0 Å². The van der Waals surface area contributed by atoms with E-state index >= 15 is 0 Å². The maximum Gasteiger partial charge on any atom is 0.305 e. The van der Waals surface area contributed by atoms with E-state index in [1.807, 2.05) is 6.92 Å². The zero-order chi connectivity index (χ0) is 22.2. The van der Waals surface area contributed by atoms with E-state index in [4.69, 9.17) is 5.11 Å². The summed E-state index contributed by atoms with van der Waals surface area (Å²) >= 11 is 0. The minimum atomic E-state index is -3.40. The van der Waals surface area contributed by atoms with Gasteiger partial charge in [0.05, 0.1) is 6.10 Å². The van der Waals surface area contributed by atoms with E-state index in [0.717, 1.165) is 12.8 Å². The summed E-state index contributed by atoms with van der Waals surface area (Å²) < 4.78 is 28.6. The Bertz CT molecular complexity index is 574. The summed E-state index contributed by atoms with van der Waals surface area (Å²) in [6.45, 7) is 5.23. The number of hydrogen-bond acceptors (Lipinski definition) is 4. The van der Waals surface area contributed by atoms with Crippen molar-refractivity contribution in [1.29, 1.82) is 0 Å². The third-order valence-corrected chi connectivity index (χ3v) is 6.26. The third-order valence-electron chi connectivity index (χ3n) is 6.26. The van der Waals surface area contributed by atoms with Crippen LogP contribution in [0.15, 0.2) is 0 Å². The van der Waals surface area contributed by atoms with Gasteiger partial charge in [0.2, 0.25) is 5.78 Å². The quantitative estimate of drug-likeness (QED) is 0.396. The second-order valence-electron chi connectivity index (χ2n) is 9.22. The average molecular weight is 419 g/mol. The molecule has 1 unspecified atom stereocenters. The number of carboxylic acids is 1. The maximum atomic E-state index is 14.3. The van der Waals surface area contributed by atoms with Crippen molar-refractivity contribution in [3.8, 4) is 0 Å². The molecule has 0 aliphatic heterocycles. The molecule has 0 radical (unpaired) electrons. The van der Waals surface area contributed by atoms with Crippen molar-refractivity contribution in [2.24, 2.45) is 17.3 Å². The highest BCUT2D eigenvalue weighted by molar-refractivity contribution is 5.86. The fourth-order valence-electron chi connectivity index (χ4n) is 4.08. The summed E-state index contributed by atoms with van der Waals surface area (Å²) in [4.78, 5) is 34.8. The number of ketones is 2. The highest BCUT2D eigenvalue weighted by atomic mass is 19.3. The SMILES string of the molecule is CCC(C)(C)CC(F)(F)C(=O)CC[C@@H]1C(CCCCCCC(=O)O)C(=O)C[C@H]1O. The third kappa shape index (κ3) is 8.49. The lowest BCUT2D eigenvalue weighted by atomic mass is 9.81. The minimum Gasteiger partial charge on any atom is -0.481 e. The van der Waals surface area contributed by atoms with Gasteiger partial charge in [-0.3, -0.25) is 14.4 Å². The van der Waals surface area contributed by atoms with E-state index in [0.29, 0.717) is 25.7 Å². The van der Waals surface area contributed by atoms with Gasteiger partial charge >= 0.3 is 11.9 Å². The van der Waals surface area contributed by atoms with Crippen molar-refractivity contribution in [2.75, 3.05) is 0 Å². The first-order valence-corrected chi connectivity index (χ1v) is 10.7. The molecule has 0 amide bonds. The van der Waals surface area contributed by atoms with Crippen LogP contribution in [0.4, 0.5) is 8.78 Å². The van der Waals surface area contributed by atoms with Gasteiger partial charge in [-0.25, -0.2) is 0 Å². The number of aliphatic hydroxyl groups excluding tert-OH is 1. The molecule has 1 fully saturated rings. The van der Waals surface area contributed by atoms with Gasteiger partial charge < -0.3 is 10.2 Å². The summed E-state index contributed by atoms with van der Waals surface area (Å²) in [5, 5.41) is 18.8. The monoisotopic (exact) mass is 418 g/mol. The maximum absolute atomic E-state index is 14.3. The van der Waals surface area contributed by atoms with Gasteiger partial charge in [0.25, 0.3) is 0 Å². The number of carboxylic acid groups (broad SMARTS) is 1. The Labute approximate surface area is 172 Å². The van der Waals surface area contributed by atoms with E-state index in [1.165, 1.54) is 0 Å². The predicted octanol–water partition coefficient (Wildman–Crippen LogP) is 4.79. The number of aliphatic carboxylic acids is 1. The Balaban J connectivity index is 2.53. The molecular formula is C22H36F2O5. The lowest BCUT2D eigenvalue weighted by Gasteiger charge is -2.28. The zero-order valence-corrected chi connectivity index (χ0v) is 17.9. The number of rotatable bonds is 14. The summed E-state index contributed by atoms with van der Waals surface area (Å²) in [7, 11) is 0. The van der Waals surface area contributed by atoms with Crippen molar-refractivity contribution in [1.82, 2.24) is 0 Å². The summed E-state index contributed by atoms with van der Waals surface area (Å²) in [5.74, 6) is -6.27. The van der Waals surface area contributed by atoms with Crippen LogP contribution in [0.2, 0.25) is 0 Å². The number of halogens is 2. The van der Waals surface area contributed by atoms with Crippen LogP contribution in [-0.4, -0.2) is 39.8 Å². The van der Waals surface area contributed by atoms with E-state index in [1.54, 1.807) is 13.8 Å². The van der Waals surface area contributed by atoms with E-state index in [-0.39, 0.29) is 31.5 Å². The smallest absolute Gasteiger partial charge is 0.305 e. The number of carbonyl (C=O) groups is 3. The number of Topliss-reactive ketones (excluding diaryl/α,β-unsaturated/α-hetero) is 2. The van der Waals surface area contributed by atoms with Crippen molar-refractivity contribution < 1.29 is 33.4 Å². The highest BCUT2D eigenvalue weighted by Gasteiger charge is 2.45. The van der Waals surface area contributed by atoms with E-state index in [9.17, 15) is 28.3 Å². The molecule has 1 saturated carbocycles. The van der Waals surface area contributed by atoms with Gasteiger partial charge in [-0.15, -0.1) is 0 Å². The van der Waals surface area contributed by atoms with Crippen molar-refractivity contribution in [3.63, 3.8) is 0 Å². The molecule has 0 aromatic rings. The number of carbonyl (C=O) groups excluding carboxylic acids is 2. The first kappa shape index (κ1) is 25.7. The Hall–Kier alpha value is -1.37. The molecule has 1 rings (SSSR count). The van der Waals surface area contributed by atoms with Crippen LogP contribution >= 0.6 is 0 Å². The molecule has 3 atom stereocenters. The van der Waals surface area contributed by atoms with Crippen LogP contribution in [0.5, 0.6) is 0 Å². The first-order valence-electron chi connectivity index (χ1n) is 10.7. The van der Waals surface area contributed by atoms with Gasteiger partial charge in [0.15, 0.2) is 0 Å². The average Bonchev–Trinajstić information content (AvgIpc) is 2.87. The van der Waals surface area contributed by atoms with Gasteiger partial charge in [0.1, 0.15) is 5.78 Å². The molecule has 0 bridgehead atoms. The van der Waals surface area contributed by atoms with Crippen molar-refractivity contribution in [2.45, 2.75) is 103 Å². The van der Waals surface area contributed by atoms with Gasteiger partial charge in [-0.05, 0) is 30.6 Å². The molecular weight excluding hydrogens is 382 g/mol. The number of unbranched alkanes of at least 4 members (excludes halogenated alkanes) is 3. The Morgan fingerprint density at radius 1 is 1.07 bits per heavy atom. The number of alkyl halides is 2. The summed E-state index contributed by atoms with van der Waals surface area (Å²) in [5.41, 5.74) is -0.634. The molecule has 0 saturated heterocycles. The van der Waals surface area contributed by atoms with Gasteiger partial charge in [-0.2, -0.15) is 8.78 Å². The lowest BCUT2D eigenvalue weighted by Crippen LogP contribution is -2.35. The van der Waals surface area contributed by atoms with Gasteiger partial charge in [-0.1, -0.05) is 46.5 Å². The number of hydrogen-bond donors (Lipinski definition) is 2. The van der Waals surface area contributed by atoms with Crippen LogP contribution in [0, 0.1) is 17.3 Å². The van der Waals surface area contributed by atoms with Crippen LogP contribution in [0.25, 0.3) is 0 Å². The molecule has 168 valence electrons. The summed E-state index contributed by atoms with van der Waals surface area (Å²) in [6.07, 6.45) is 2.42. The molecule has 1 aliphatic carbocycles. The molecule has 0 aromatic carbocycles. The predicted molar refractivity (Wildman–Crippen MR) is 106 cm³/mol. The second kappa shape index (κ2) is 11.1. The molecule has 0 heterocycles. The Kier molecular flexibility index (Phi) is 9.86. The molecule has 0 spiro atoms. The van der Waals surface area contributed by atoms with Crippen molar-refractivity contribution >= 4 is 17.5 Å². The van der Waals surface area contributed by atoms with E-state index < -0.39 is 47.5 Å². The highest BCUT2D eigenvalue weighted by Crippen LogP contribution is 2.39.